The van der Waals surface area contributed by atoms with E-state index in [-0.39, 0.29) is 0 Å². The summed E-state index contributed by atoms with van der Waals surface area (Å²) in [5.41, 5.74) is 0.363. The van der Waals surface area contributed by atoms with Crippen LogP contribution in [0.4, 0.5) is 0 Å². The van der Waals surface area contributed by atoms with E-state index in [9.17, 15) is 0 Å². The molecule has 116 valence electrons. The van der Waals surface area contributed by atoms with Gasteiger partial charge in [0.2, 0.25) is 0 Å². The molecule has 3 aliphatic rings. The molecule has 3 nitrogen and oxygen atoms in total. The zero-order chi connectivity index (χ0) is 14.2. The molecule has 0 aromatic carbocycles. The van der Waals surface area contributed by atoms with Gasteiger partial charge in [-0.3, -0.25) is 4.90 Å². The molecule has 3 heteroatoms. The van der Waals surface area contributed by atoms with Crippen LogP contribution in [0.3, 0.4) is 0 Å². The molecular weight excluding hydrogens is 248 g/mol. The normalized spacial score (nSPS) is 39.6. The van der Waals surface area contributed by atoms with Gasteiger partial charge in [-0.15, -0.1) is 0 Å². The van der Waals surface area contributed by atoms with Crippen LogP contribution in [0.25, 0.3) is 0 Å². The lowest BCUT2D eigenvalue weighted by molar-refractivity contribution is 0.0321. The fourth-order valence-corrected chi connectivity index (χ4v) is 4.14. The summed E-state index contributed by atoms with van der Waals surface area (Å²) < 4.78 is 5.81. The largest absolute Gasteiger partial charge is 0.378 e. The average Bonchev–Trinajstić information content (AvgIpc) is 3.15. The minimum atomic E-state index is 0.363. The monoisotopic (exact) mass is 280 g/mol. The molecule has 2 heterocycles. The number of nitrogens with one attached hydrogen (secondary N) is 1. The zero-order valence-corrected chi connectivity index (χ0v) is 13.5. The minimum Gasteiger partial charge on any atom is -0.378 e. The lowest BCUT2D eigenvalue weighted by Crippen LogP contribution is -2.65. The summed E-state index contributed by atoms with van der Waals surface area (Å²) in [6.07, 6.45) is 7.15. The summed E-state index contributed by atoms with van der Waals surface area (Å²) >= 11 is 0. The molecule has 0 spiro atoms. The summed E-state index contributed by atoms with van der Waals surface area (Å²) in [7, 11) is 0. The molecule has 20 heavy (non-hydrogen) atoms. The molecule has 0 radical (unpaired) electrons. The van der Waals surface area contributed by atoms with Gasteiger partial charge in [0, 0.05) is 37.8 Å². The van der Waals surface area contributed by atoms with Crippen molar-refractivity contribution in [1.29, 1.82) is 0 Å². The highest BCUT2D eigenvalue weighted by Gasteiger charge is 2.46. The molecule has 0 aromatic rings. The number of ether oxygens (including phenoxy) is 1. The predicted octanol–water partition coefficient (Wildman–Crippen LogP) is 2.65. The van der Waals surface area contributed by atoms with Gasteiger partial charge in [-0.2, -0.15) is 0 Å². The van der Waals surface area contributed by atoms with Gasteiger partial charge in [-0.05, 0) is 50.9 Å². The fourth-order valence-electron chi connectivity index (χ4n) is 4.14. The molecule has 0 aromatic heterocycles. The van der Waals surface area contributed by atoms with Crippen molar-refractivity contribution in [3.05, 3.63) is 0 Å². The van der Waals surface area contributed by atoms with Crippen molar-refractivity contribution in [2.24, 2.45) is 11.8 Å². The van der Waals surface area contributed by atoms with Crippen LogP contribution >= 0.6 is 0 Å². The van der Waals surface area contributed by atoms with Gasteiger partial charge in [0.1, 0.15) is 0 Å². The van der Waals surface area contributed by atoms with Gasteiger partial charge in [-0.25, -0.2) is 0 Å². The van der Waals surface area contributed by atoms with Crippen LogP contribution in [0, 0.1) is 11.8 Å². The Labute approximate surface area is 124 Å². The summed E-state index contributed by atoms with van der Waals surface area (Å²) in [5.74, 6) is 1.65. The molecule has 1 saturated carbocycles. The van der Waals surface area contributed by atoms with Gasteiger partial charge < -0.3 is 10.1 Å². The van der Waals surface area contributed by atoms with Crippen LogP contribution in [0.15, 0.2) is 0 Å². The van der Waals surface area contributed by atoms with E-state index in [2.05, 4.69) is 31.0 Å². The molecular formula is C17H32N2O. The smallest absolute Gasteiger partial charge is 0.0588 e. The predicted molar refractivity (Wildman–Crippen MR) is 82.9 cm³/mol. The molecule has 3 unspecified atom stereocenters. The Kier molecular flexibility index (Phi) is 4.40. The van der Waals surface area contributed by atoms with Crippen molar-refractivity contribution in [3.63, 3.8) is 0 Å². The van der Waals surface area contributed by atoms with Crippen molar-refractivity contribution in [2.75, 3.05) is 26.2 Å². The summed E-state index contributed by atoms with van der Waals surface area (Å²) in [4.78, 5) is 2.77. The lowest BCUT2D eigenvalue weighted by Gasteiger charge is -2.48. The first-order valence-electron chi connectivity index (χ1n) is 8.69. The summed E-state index contributed by atoms with van der Waals surface area (Å²) in [6, 6.07) is 0.697. The van der Waals surface area contributed by atoms with Crippen LogP contribution in [0.5, 0.6) is 0 Å². The first-order valence-corrected chi connectivity index (χ1v) is 8.69. The third-order valence-electron chi connectivity index (χ3n) is 5.73. The first-order chi connectivity index (χ1) is 9.58. The maximum absolute atomic E-state index is 5.81. The zero-order valence-electron chi connectivity index (χ0n) is 13.5. The van der Waals surface area contributed by atoms with Gasteiger partial charge >= 0.3 is 0 Å². The van der Waals surface area contributed by atoms with Crippen LogP contribution < -0.4 is 5.32 Å². The van der Waals surface area contributed by atoms with Crippen molar-refractivity contribution in [2.45, 2.75) is 70.6 Å². The molecule has 0 bridgehead atoms. The van der Waals surface area contributed by atoms with E-state index < -0.39 is 0 Å². The summed E-state index contributed by atoms with van der Waals surface area (Å²) in [6.45, 7) is 11.8. The Hall–Kier alpha value is -0.120. The molecule has 1 N–H and O–H groups in total. The van der Waals surface area contributed by atoms with Gasteiger partial charge in [-0.1, -0.05) is 13.8 Å². The Morgan fingerprint density at radius 2 is 2.10 bits per heavy atom. The van der Waals surface area contributed by atoms with Gasteiger partial charge in [0.05, 0.1) is 6.10 Å². The van der Waals surface area contributed by atoms with Crippen LogP contribution in [0.2, 0.25) is 0 Å². The fraction of sp³-hybridized carbons (Fsp3) is 1.00. The van der Waals surface area contributed by atoms with E-state index in [4.69, 9.17) is 4.74 Å². The first kappa shape index (κ1) is 14.8. The van der Waals surface area contributed by atoms with E-state index in [0.717, 1.165) is 25.0 Å². The van der Waals surface area contributed by atoms with Crippen molar-refractivity contribution in [1.82, 2.24) is 10.2 Å². The Bertz CT molecular complexity index is 323. The third kappa shape index (κ3) is 3.20. The standard InChI is InChI=1S/C17H32N2O/c1-13(2)16-11-18-17(3,14-6-7-14)12-19(16)9-8-15-5-4-10-20-15/h13-16,18H,4-12H2,1-3H3. The minimum absolute atomic E-state index is 0.363. The molecule has 3 rings (SSSR count). The van der Waals surface area contributed by atoms with Crippen molar-refractivity contribution < 1.29 is 4.74 Å². The van der Waals surface area contributed by atoms with Crippen LogP contribution in [-0.4, -0.2) is 48.8 Å². The van der Waals surface area contributed by atoms with E-state index in [1.165, 1.54) is 45.2 Å². The van der Waals surface area contributed by atoms with Gasteiger partial charge in [0.15, 0.2) is 0 Å². The van der Waals surface area contributed by atoms with E-state index in [1.54, 1.807) is 0 Å². The van der Waals surface area contributed by atoms with E-state index in [1.807, 2.05) is 0 Å². The maximum atomic E-state index is 5.81. The molecule has 2 saturated heterocycles. The second-order valence-electron chi connectivity index (χ2n) is 7.78. The SMILES string of the molecule is CC(C)C1CNC(C)(C2CC2)CN1CCC1CCCO1. The topological polar surface area (TPSA) is 24.5 Å². The Morgan fingerprint density at radius 1 is 1.30 bits per heavy atom. The molecule has 3 atom stereocenters. The third-order valence-corrected chi connectivity index (χ3v) is 5.73. The average molecular weight is 280 g/mol. The van der Waals surface area contributed by atoms with Crippen LogP contribution in [-0.2, 0) is 4.74 Å². The van der Waals surface area contributed by atoms with Gasteiger partial charge in [0.25, 0.3) is 0 Å². The van der Waals surface area contributed by atoms with Crippen LogP contribution in [0.1, 0.15) is 52.9 Å². The van der Waals surface area contributed by atoms with Crippen molar-refractivity contribution in [3.8, 4) is 0 Å². The lowest BCUT2D eigenvalue weighted by atomic mass is 9.88. The summed E-state index contributed by atoms with van der Waals surface area (Å²) in [5, 5.41) is 3.87. The Morgan fingerprint density at radius 3 is 2.70 bits per heavy atom. The molecule has 3 fully saturated rings. The van der Waals surface area contributed by atoms with Crippen molar-refractivity contribution >= 4 is 0 Å². The number of hydrogen-bond acceptors (Lipinski definition) is 3. The highest BCUT2D eigenvalue weighted by Crippen LogP contribution is 2.41. The number of rotatable bonds is 5. The molecule has 2 aliphatic heterocycles. The molecule has 0 amide bonds. The number of nitrogens with zero attached hydrogens (tertiary/aromatic N) is 1. The maximum Gasteiger partial charge on any atom is 0.0588 e. The Balaban J connectivity index is 1.59. The van der Waals surface area contributed by atoms with E-state index in [0.29, 0.717) is 17.7 Å². The number of hydrogen-bond donors (Lipinski definition) is 1. The second-order valence-corrected chi connectivity index (χ2v) is 7.78. The molecule has 1 aliphatic carbocycles. The highest BCUT2D eigenvalue weighted by molar-refractivity contribution is 5.04. The second kappa shape index (κ2) is 5.94. The quantitative estimate of drug-likeness (QED) is 0.838. The number of piperazine rings is 1. The van der Waals surface area contributed by atoms with E-state index >= 15 is 0 Å². The highest BCUT2D eigenvalue weighted by atomic mass is 16.5.